The first kappa shape index (κ1) is 15.6. The molecule has 21 heavy (non-hydrogen) atoms. The van der Waals surface area contributed by atoms with Gasteiger partial charge in [-0.25, -0.2) is 13.5 Å². The fourth-order valence-electron chi connectivity index (χ4n) is 2.40. The topological polar surface area (TPSA) is 29.9 Å². The molecule has 5 heteroatoms. The van der Waals surface area contributed by atoms with Gasteiger partial charge in [-0.3, -0.25) is 0 Å². The highest BCUT2D eigenvalue weighted by Gasteiger charge is 2.21. The van der Waals surface area contributed by atoms with Crippen LogP contribution >= 0.6 is 0 Å². The molecule has 2 rings (SSSR count). The van der Waals surface area contributed by atoms with Gasteiger partial charge in [0.1, 0.15) is 5.69 Å². The van der Waals surface area contributed by atoms with Crippen molar-refractivity contribution in [3.05, 3.63) is 46.8 Å². The van der Waals surface area contributed by atoms with E-state index >= 15 is 0 Å². The zero-order chi connectivity index (χ0) is 15.4. The Balaban J connectivity index is 2.39. The summed E-state index contributed by atoms with van der Waals surface area (Å²) in [7, 11) is 0. The lowest BCUT2D eigenvalue weighted by Crippen LogP contribution is -2.15. The standard InChI is InChI=1S/C16H21F2N3/c1-4-7-19-9-13-10-20-21(15(13)16(17)18)14-6-5-11(2)8-12(14)3/h5-6,8,10,16,19H,4,7,9H2,1-3H3. The van der Waals surface area contributed by atoms with E-state index in [0.29, 0.717) is 17.8 Å². The number of benzene rings is 1. The van der Waals surface area contributed by atoms with E-state index in [-0.39, 0.29) is 5.69 Å². The van der Waals surface area contributed by atoms with E-state index in [9.17, 15) is 8.78 Å². The number of alkyl halides is 2. The molecule has 0 fully saturated rings. The molecule has 0 unspecified atom stereocenters. The molecule has 3 nitrogen and oxygen atoms in total. The third-order valence-corrected chi connectivity index (χ3v) is 3.42. The van der Waals surface area contributed by atoms with Crippen LogP contribution in [0.4, 0.5) is 8.78 Å². The van der Waals surface area contributed by atoms with Crippen LogP contribution in [0.15, 0.2) is 24.4 Å². The number of hydrogen-bond donors (Lipinski definition) is 1. The minimum atomic E-state index is -2.55. The molecule has 0 bridgehead atoms. The normalized spacial score (nSPS) is 11.3. The number of nitrogens with one attached hydrogen (secondary N) is 1. The quantitative estimate of drug-likeness (QED) is 0.818. The molecule has 0 aliphatic heterocycles. The van der Waals surface area contributed by atoms with Gasteiger partial charge in [-0.1, -0.05) is 24.6 Å². The second-order valence-electron chi connectivity index (χ2n) is 5.23. The van der Waals surface area contributed by atoms with Crippen molar-refractivity contribution in [2.75, 3.05) is 6.54 Å². The van der Waals surface area contributed by atoms with Gasteiger partial charge in [0.25, 0.3) is 6.43 Å². The summed E-state index contributed by atoms with van der Waals surface area (Å²) in [4.78, 5) is 0. The van der Waals surface area contributed by atoms with E-state index in [1.54, 1.807) is 0 Å². The summed E-state index contributed by atoms with van der Waals surface area (Å²) in [6.07, 6.45) is -0.0507. The highest BCUT2D eigenvalue weighted by atomic mass is 19.3. The number of aromatic nitrogens is 2. The molecule has 0 aliphatic carbocycles. The molecule has 1 aromatic carbocycles. The van der Waals surface area contributed by atoms with E-state index in [2.05, 4.69) is 10.4 Å². The van der Waals surface area contributed by atoms with Gasteiger partial charge in [0.05, 0.1) is 11.9 Å². The monoisotopic (exact) mass is 293 g/mol. The number of nitrogens with zero attached hydrogens (tertiary/aromatic N) is 2. The predicted octanol–water partition coefficient (Wildman–Crippen LogP) is 3.93. The van der Waals surface area contributed by atoms with E-state index in [4.69, 9.17) is 0 Å². The highest BCUT2D eigenvalue weighted by Crippen LogP contribution is 2.27. The number of rotatable bonds is 6. The lowest BCUT2D eigenvalue weighted by molar-refractivity contribution is 0.141. The molecule has 0 saturated carbocycles. The number of hydrogen-bond acceptors (Lipinski definition) is 2. The molecule has 2 aromatic rings. The van der Waals surface area contributed by atoms with E-state index in [1.807, 2.05) is 39.0 Å². The van der Waals surface area contributed by atoms with Crippen molar-refractivity contribution in [3.63, 3.8) is 0 Å². The van der Waals surface area contributed by atoms with Crippen LogP contribution in [0.1, 0.15) is 42.2 Å². The van der Waals surface area contributed by atoms with Gasteiger partial charge < -0.3 is 5.32 Å². The van der Waals surface area contributed by atoms with Crippen LogP contribution in [0, 0.1) is 13.8 Å². The summed E-state index contributed by atoms with van der Waals surface area (Å²) in [6, 6.07) is 5.72. The van der Waals surface area contributed by atoms with Crippen LogP contribution in [0.5, 0.6) is 0 Å². The smallest absolute Gasteiger partial charge is 0.280 e. The number of aryl methyl sites for hydroxylation is 2. The van der Waals surface area contributed by atoms with E-state index < -0.39 is 6.43 Å². The third-order valence-electron chi connectivity index (χ3n) is 3.42. The maximum atomic E-state index is 13.4. The Labute approximate surface area is 124 Å². The molecule has 1 N–H and O–H groups in total. The minimum absolute atomic E-state index is 0.0226. The number of halogens is 2. The maximum absolute atomic E-state index is 13.4. The van der Waals surface area contributed by atoms with Crippen molar-refractivity contribution in [1.29, 1.82) is 0 Å². The van der Waals surface area contributed by atoms with Crippen LogP contribution in [0.3, 0.4) is 0 Å². The van der Waals surface area contributed by atoms with Gasteiger partial charge in [0.2, 0.25) is 0 Å². The van der Waals surface area contributed by atoms with Crippen LogP contribution < -0.4 is 5.32 Å². The summed E-state index contributed by atoms with van der Waals surface area (Å²) in [5, 5.41) is 7.32. The van der Waals surface area contributed by atoms with Crippen LogP contribution in [-0.2, 0) is 6.54 Å². The Kier molecular flexibility index (Phi) is 5.07. The van der Waals surface area contributed by atoms with Gasteiger partial charge in [0.15, 0.2) is 0 Å². The van der Waals surface area contributed by atoms with E-state index in [1.165, 1.54) is 10.9 Å². The van der Waals surface area contributed by atoms with Crippen LogP contribution in [-0.4, -0.2) is 16.3 Å². The second-order valence-corrected chi connectivity index (χ2v) is 5.23. The van der Waals surface area contributed by atoms with Gasteiger partial charge in [-0.15, -0.1) is 0 Å². The van der Waals surface area contributed by atoms with Crippen molar-refractivity contribution in [3.8, 4) is 5.69 Å². The maximum Gasteiger partial charge on any atom is 0.280 e. The minimum Gasteiger partial charge on any atom is -0.313 e. The highest BCUT2D eigenvalue weighted by molar-refractivity contribution is 5.44. The first-order chi connectivity index (χ1) is 10.0. The average molecular weight is 293 g/mol. The first-order valence-electron chi connectivity index (χ1n) is 7.17. The fraction of sp³-hybridized carbons (Fsp3) is 0.438. The molecule has 1 aromatic heterocycles. The average Bonchev–Trinajstić information content (AvgIpc) is 2.83. The summed E-state index contributed by atoms with van der Waals surface area (Å²) in [5.74, 6) is 0. The largest absolute Gasteiger partial charge is 0.313 e. The fourth-order valence-corrected chi connectivity index (χ4v) is 2.40. The SMILES string of the molecule is CCCNCc1cnn(-c2ccc(C)cc2C)c1C(F)F. The van der Waals surface area contributed by atoms with Crippen molar-refractivity contribution in [2.45, 2.75) is 40.2 Å². The van der Waals surface area contributed by atoms with Gasteiger partial charge in [-0.05, 0) is 38.4 Å². The lowest BCUT2D eigenvalue weighted by atomic mass is 10.1. The van der Waals surface area contributed by atoms with Gasteiger partial charge in [0, 0.05) is 12.1 Å². The molecule has 0 amide bonds. The predicted molar refractivity (Wildman–Crippen MR) is 80.0 cm³/mol. The first-order valence-corrected chi connectivity index (χ1v) is 7.17. The molecule has 0 atom stereocenters. The third kappa shape index (κ3) is 3.47. The molecule has 0 saturated heterocycles. The zero-order valence-electron chi connectivity index (χ0n) is 12.7. The summed E-state index contributed by atoms with van der Waals surface area (Å²) >= 11 is 0. The second kappa shape index (κ2) is 6.80. The van der Waals surface area contributed by atoms with Crippen molar-refractivity contribution in [1.82, 2.24) is 15.1 Å². The molecule has 0 radical (unpaired) electrons. The van der Waals surface area contributed by atoms with Crippen molar-refractivity contribution < 1.29 is 8.78 Å². The Hall–Kier alpha value is -1.75. The van der Waals surface area contributed by atoms with Crippen molar-refractivity contribution >= 4 is 0 Å². The summed E-state index contributed by atoms with van der Waals surface area (Å²) < 4.78 is 28.2. The molecule has 0 spiro atoms. The van der Waals surface area contributed by atoms with E-state index in [0.717, 1.165) is 24.1 Å². The van der Waals surface area contributed by atoms with Crippen LogP contribution in [0.2, 0.25) is 0 Å². The Morgan fingerprint density at radius 1 is 1.29 bits per heavy atom. The van der Waals surface area contributed by atoms with Crippen LogP contribution in [0.25, 0.3) is 5.69 Å². The lowest BCUT2D eigenvalue weighted by Gasteiger charge is -2.12. The van der Waals surface area contributed by atoms with Crippen molar-refractivity contribution in [2.24, 2.45) is 0 Å². The summed E-state index contributed by atoms with van der Waals surface area (Å²) in [6.45, 7) is 7.15. The molecule has 1 heterocycles. The summed E-state index contributed by atoms with van der Waals surface area (Å²) in [5.41, 5.74) is 3.28. The Morgan fingerprint density at radius 3 is 2.67 bits per heavy atom. The van der Waals surface area contributed by atoms with Gasteiger partial charge >= 0.3 is 0 Å². The Morgan fingerprint density at radius 2 is 2.05 bits per heavy atom. The Bertz CT molecular complexity index is 606. The molecule has 0 aliphatic rings. The molecule has 114 valence electrons. The van der Waals surface area contributed by atoms with Gasteiger partial charge in [-0.2, -0.15) is 5.10 Å². The molecular weight excluding hydrogens is 272 g/mol. The zero-order valence-corrected chi connectivity index (χ0v) is 12.7. The molecular formula is C16H21F2N3.